The van der Waals surface area contributed by atoms with E-state index in [0.717, 1.165) is 66.8 Å². The predicted molar refractivity (Wildman–Crippen MR) is 154 cm³/mol. The average Bonchev–Trinajstić information content (AvgIpc) is 2.91. The minimum Gasteiger partial charge on any atom is -0.382 e. The van der Waals surface area contributed by atoms with Crippen LogP contribution in [-0.4, -0.2) is 81.5 Å². The largest absolute Gasteiger partial charge is 0.423 e. The number of rotatable bonds is 7. The highest BCUT2D eigenvalue weighted by molar-refractivity contribution is 7.80. The minimum atomic E-state index is -4.80. The summed E-state index contributed by atoms with van der Waals surface area (Å²) in [4.78, 5) is 18.6. The van der Waals surface area contributed by atoms with E-state index in [9.17, 15) is 23.3 Å². The number of nitrogens with zero attached hydrogens (tertiary/aromatic N) is 4. The van der Waals surface area contributed by atoms with E-state index in [0.29, 0.717) is 25.9 Å². The molecule has 2 fully saturated rings. The van der Waals surface area contributed by atoms with Gasteiger partial charge in [-0.05, 0) is 38.0 Å². The SMILES string of the molecule is Cc1cccc(C(=S)N2CCN(CCC(=S)N3CCC(Nc4ccc([N+](=O)[O-])c(C(F)(F)F)c4)CC3)CC2)c1. The van der Waals surface area contributed by atoms with Gasteiger partial charge in [-0.15, -0.1) is 0 Å². The number of piperazine rings is 1. The summed E-state index contributed by atoms with van der Waals surface area (Å²) < 4.78 is 39.9. The molecule has 12 heteroatoms. The standard InChI is InChI=1S/C27H32F3N5O2S2/c1-19-3-2-4-20(17-19)26(39)34-15-13-32(14-16-34)10-9-25(38)33-11-7-21(8-12-33)31-22-5-6-24(35(36)37)23(18-22)27(28,29)30/h2-6,17-18,21,31H,7-16H2,1H3. The highest BCUT2D eigenvalue weighted by atomic mass is 32.1. The number of thiocarbonyl (C=S) groups is 2. The lowest BCUT2D eigenvalue weighted by atomic mass is 10.0. The second-order valence-electron chi connectivity index (χ2n) is 10.0. The van der Waals surface area contributed by atoms with Crippen LogP contribution in [0, 0.1) is 17.0 Å². The van der Waals surface area contributed by atoms with Crippen molar-refractivity contribution in [1.29, 1.82) is 0 Å². The van der Waals surface area contributed by atoms with E-state index in [1.54, 1.807) is 0 Å². The van der Waals surface area contributed by atoms with Gasteiger partial charge >= 0.3 is 6.18 Å². The van der Waals surface area contributed by atoms with Gasteiger partial charge in [-0.2, -0.15) is 13.2 Å². The predicted octanol–water partition coefficient (Wildman–Crippen LogP) is 5.51. The van der Waals surface area contributed by atoms with Gasteiger partial charge in [0.25, 0.3) is 5.69 Å². The molecule has 0 aliphatic carbocycles. The fourth-order valence-electron chi connectivity index (χ4n) is 5.07. The van der Waals surface area contributed by atoms with Crippen LogP contribution in [-0.2, 0) is 6.18 Å². The summed E-state index contributed by atoms with van der Waals surface area (Å²) >= 11 is 11.4. The van der Waals surface area contributed by atoms with E-state index in [1.807, 2.05) is 6.07 Å². The van der Waals surface area contributed by atoms with Gasteiger partial charge in [0.2, 0.25) is 0 Å². The summed E-state index contributed by atoms with van der Waals surface area (Å²) in [5.41, 5.74) is 0.336. The first-order valence-corrected chi connectivity index (χ1v) is 13.8. The van der Waals surface area contributed by atoms with Crippen LogP contribution in [0.2, 0.25) is 0 Å². The highest BCUT2D eigenvalue weighted by Crippen LogP contribution is 2.38. The molecule has 7 nitrogen and oxygen atoms in total. The Labute approximate surface area is 237 Å². The van der Waals surface area contributed by atoms with Crippen molar-refractivity contribution in [2.45, 2.75) is 38.4 Å². The second-order valence-corrected chi connectivity index (χ2v) is 10.9. The van der Waals surface area contributed by atoms with E-state index in [1.165, 1.54) is 11.6 Å². The number of alkyl halides is 3. The lowest BCUT2D eigenvalue weighted by molar-refractivity contribution is -0.388. The summed E-state index contributed by atoms with van der Waals surface area (Å²) in [7, 11) is 0. The maximum absolute atomic E-state index is 13.3. The molecule has 0 spiro atoms. The van der Waals surface area contributed by atoms with Crippen molar-refractivity contribution in [3.8, 4) is 0 Å². The fraction of sp³-hybridized carbons (Fsp3) is 0.481. The van der Waals surface area contributed by atoms with Crippen molar-refractivity contribution in [3.05, 3.63) is 69.3 Å². The Hall–Kier alpha value is -2.83. The number of nitro groups is 1. The molecule has 4 rings (SSSR count). The fourth-order valence-corrected chi connectivity index (χ4v) is 5.65. The monoisotopic (exact) mass is 579 g/mol. The molecule has 0 atom stereocenters. The molecule has 210 valence electrons. The number of hydrogen-bond acceptors (Lipinski definition) is 6. The van der Waals surface area contributed by atoms with E-state index < -0.39 is 22.4 Å². The van der Waals surface area contributed by atoms with Crippen molar-refractivity contribution in [2.75, 3.05) is 51.1 Å². The number of piperidine rings is 1. The molecule has 0 aromatic heterocycles. The Balaban J connectivity index is 1.20. The van der Waals surface area contributed by atoms with Gasteiger partial charge in [-0.25, -0.2) is 0 Å². The van der Waals surface area contributed by atoms with Crippen LogP contribution in [0.25, 0.3) is 0 Å². The molecule has 2 aliphatic heterocycles. The highest BCUT2D eigenvalue weighted by Gasteiger charge is 2.38. The third-order valence-electron chi connectivity index (χ3n) is 7.28. The first kappa shape index (κ1) is 29.2. The number of aryl methyl sites for hydroxylation is 1. The number of nitro benzene ring substituents is 1. The smallest absolute Gasteiger partial charge is 0.382 e. The molecule has 2 saturated heterocycles. The second kappa shape index (κ2) is 12.6. The Morgan fingerprint density at radius 1 is 1.03 bits per heavy atom. The molecule has 1 N–H and O–H groups in total. The number of anilines is 1. The molecule has 2 aromatic rings. The Kier molecular flexibility index (Phi) is 9.39. The van der Waals surface area contributed by atoms with Crippen molar-refractivity contribution in [1.82, 2.24) is 14.7 Å². The van der Waals surface area contributed by atoms with Crippen molar-refractivity contribution >= 4 is 45.8 Å². The number of benzene rings is 2. The van der Waals surface area contributed by atoms with Gasteiger partial charge in [-0.1, -0.05) is 48.2 Å². The van der Waals surface area contributed by atoms with Gasteiger partial charge in [-0.3, -0.25) is 15.0 Å². The molecule has 0 radical (unpaired) electrons. The molecular formula is C27H32F3N5O2S2. The molecular weight excluding hydrogens is 547 g/mol. The molecule has 2 heterocycles. The summed E-state index contributed by atoms with van der Waals surface area (Å²) in [5, 5.41) is 14.1. The molecule has 2 aliphatic rings. The summed E-state index contributed by atoms with van der Waals surface area (Å²) in [6.45, 7) is 8.00. The quantitative estimate of drug-likeness (QED) is 0.262. The molecule has 0 amide bonds. The van der Waals surface area contributed by atoms with Gasteiger partial charge in [0.05, 0.1) is 9.91 Å². The minimum absolute atomic E-state index is 0.0306. The van der Waals surface area contributed by atoms with E-state index >= 15 is 0 Å². The van der Waals surface area contributed by atoms with Gasteiger partial charge in [0, 0.05) is 75.6 Å². The summed E-state index contributed by atoms with van der Waals surface area (Å²) in [5.74, 6) is 0. The van der Waals surface area contributed by atoms with Crippen LogP contribution in [0.15, 0.2) is 42.5 Å². The van der Waals surface area contributed by atoms with Crippen LogP contribution in [0.3, 0.4) is 0 Å². The van der Waals surface area contributed by atoms with Crippen LogP contribution < -0.4 is 5.32 Å². The maximum Gasteiger partial charge on any atom is 0.423 e. The third kappa shape index (κ3) is 7.64. The molecule has 39 heavy (non-hydrogen) atoms. The first-order chi connectivity index (χ1) is 18.5. The first-order valence-electron chi connectivity index (χ1n) is 13.0. The number of hydrogen-bond donors (Lipinski definition) is 1. The number of halogens is 3. The Morgan fingerprint density at radius 2 is 1.72 bits per heavy atom. The zero-order valence-electron chi connectivity index (χ0n) is 21.7. The summed E-state index contributed by atoms with van der Waals surface area (Å²) in [6, 6.07) is 11.3. The Bertz CT molecular complexity index is 1210. The third-order valence-corrected chi connectivity index (χ3v) is 8.24. The lowest BCUT2D eigenvalue weighted by Gasteiger charge is -2.38. The van der Waals surface area contributed by atoms with E-state index in [-0.39, 0.29) is 11.7 Å². The number of likely N-dealkylation sites (tertiary alicyclic amines) is 1. The van der Waals surface area contributed by atoms with Crippen molar-refractivity contribution < 1.29 is 18.1 Å². The van der Waals surface area contributed by atoms with Crippen LogP contribution >= 0.6 is 24.4 Å². The van der Waals surface area contributed by atoms with Gasteiger partial charge in [0.1, 0.15) is 10.6 Å². The summed E-state index contributed by atoms with van der Waals surface area (Å²) in [6.07, 6.45) is -2.58. The molecule has 0 unspecified atom stereocenters. The van der Waals surface area contributed by atoms with Crippen LogP contribution in [0.5, 0.6) is 0 Å². The average molecular weight is 580 g/mol. The van der Waals surface area contributed by atoms with Crippen molar-refractivity contribution in [3.63, 3.8) is 0 Å². The number of nitrogens with one attached hydrogen (secondary N) is 1. The van der Waals surface area contributed by atoms with Gasteiger partial charge < -0.3 is 15.1 Å². The van der Waals surface area contributed by atoms with E-state index in [2.05, 4.69) is 45.1 Å². The lowest BCUT2D eigenvalue weighted by Crippen LogP contribution is -2.49. The molecule has 0 bridgehead atoms. The zero-order chi connectivity index (χ0) is 28.2. The van der Waals surface area contributed by atoms with E-state index in [4.69, 9.17) is 24.4 Å². The Morgan fingerprint density at radius 3 is 2.33 bits per heavy atom. The maximum atomic E-state index is 13.3. The van der Waals surface area contributed by atoms with Crippen LogP contribution in [0.1, 0.15) is 36.0 Å². The van der Waals surface area contributed by atoms with Gasteiger partial charge in [0.15, 0.2) is 0 Å². The molecule has 2 aromatic carbocycles. The van der Waals surface area contributed by atoms with Crippen LogP contribution in [0.4, 0.5) is 24.5 Å². The van der Waals surface area contributed by atoms with Crippen molar-refractivity contribution in [2.24, 2.45) is 0 Å². The normalized spacial score (nSPS) is 17.2. The molecule has 0 saturated carbocycles. The topological polar surface area (TPSA) is 64.9 Å². The zero-order valence-corrected chi connectivity index (χ0v) is 23.4.